The van der Waals surface area contributed by atoms with Crippen LogP contribution in [0.25, 0.3) is 0 Å². The molecule has 2 N–H and O–H groups in total. The van der Waals surface area contributed by atoms with E-state index in [-0.39, 0.29) is 6.04 Å². The number of hydrogen-bond donors (Lipinski definition) is 1. The van der Waals surface area contributed by atoms with Crippen molar-refractivity contribution in [3.05, 3.63) is 65.5 Å². The molecule has 3 heteroatoms. The molecular weight excluding hydrogens is 258 g/mol. The van der Waals surface area contributed by atoms with Gasteiger partial charge in [-0.15, -0.1) is 0 Å². The van der Waals surface area contributed by atoms with Crippen LogP contribution in [0.2, 0.25) is 0 Å². The van der Waals surface area contributed by atoms with Crippen molar-refractivity contribution in [2.24, 2.45) is 5.73 Å². The number of nitrogens with two attached hydrogens (primary N) is 1. The van der Waals surface area contributed by atoms with Crippen molar-refractivity contribution in [1.82, 2.24) is 9.88 Å². The zero-order valence-corrected chi connectivity index (χ0v) is 12.6. The van der Waals surface area contributed by atoms with Gasteiger partial charge < -0.3 is 5.73 Å². The third-order valence-electron chi connectivity index (χ3n) is 4.27. The summed E-state index contributed by atoms with van der Waals surface area (Å²) in [5.41, 5.74) is 10.0. The van der Waals surface area contributed by atoms with Crippen LogP contribution in [0.15, 0.2) is 48.7 Å². The van der Waals surface area contributed by atoms with Crippen molar-refractivity contribution >= 4 is 0 Å². The Bertz CT molecular complexity index is 578. The summed E-state index contributed by atoms with van der Waals surface area (Å²) in [5.74, 6) is 0.749. The monoisotopic (exact) mass is 281 g/mol. The average Bonchev–Trinajstić information content (AvgIpc) is 3.34. The van der Waals surface area contributed by atoms with Crippen LogP contribution in [0.1, 0.15) is 41.6 Å². The van der Waals surface area contributed by atoms with Gasteiger partial charge in [-0.1, -0.05) is 30.3 Å². The molecule has 1 aliphatic carbocycles. The van der Waals surface area contributed by atoms with E-state index >= 15 is 0 Å². The molecule has 0 amide bonds. The van der Waals surface area contributed by atoms with Gasteiger partial charge in [0.25, 0.3) is 0 Å². The second-order valence-electron chi connectivity index (χ2n) is 5.89. The molecule has 1 saturated carbocycles. The number of rotatable bonds is 6. The second kappa shape index (κ2) is 6.37. The topological polar surface area (TPSA) is 42.2 Å². The van der Waals surface area contributed by atoms with E-state index in [9.17, 15) is 0 Å². The highest BCUT2D eigenvalue weighted by atomic mass is 15.1. The first-order valence-electron chi connectivity index (χ1n) is 7.68. The van der Waals surface area contributed by atoms with Gasteiger partial charge in [0, 0.05) is 25.3 Å². The highest BCUT2D eigenvalue weighted by Crippen LogP contribution is 2.43. The molecule has 1 aliphatic rings. The molecule has 1 aromatic heterocycles. The molecular formula is C18H23N3. The maximum atomic E-state index is 6.09. The third-order valence-corrected chi connectivity index (χ3v) is 4.27. The molecule has 21 heavy (non-hydrogen) atoms. The predicted molar refractivity (Wildman–Crippen MR) is 85.9 cm³/mol. The minimum Gasteiger partial charge on any atom is -0.329 e. The molecule has 0 radical (unpaired) electrons. The largest absolute Gasteiger partial charge is 0.329 e. The lowest BCUT2D eigenvalue weighted by molar-refractivity contribution is 0.238. The Morgan fingerprint density at radius 2 is 1.95 bits per heavy atom. The second-order valence-corrected chi connectivity index (χ2v) is 5.89. The Kier molecular flexibility index (Phi) is 4.32. The lowest BCUT2D eigenvalue weighted by Crippen LogP contribution is -2.31. The zero-order valence-electron chi connectivity index (χ0n) is 12.6. The Balaban J connectivity index is 1.81. The smallest absolute Gasteiger partial charge is 0.0544 e. The summed E-state index contributed by atoms with van der Waals surface area (Å²) in [6.45, 7) is 1.45. The lowest BCUT2D eigenvalue weighted by Gasteiger charge is -2.29. The number of benzene rings is 1. The van der Waals surface area contributed by atoms with Crippen LogP contribution in [-0.4, -0.2) is 23.5 Å². The van der Waals surface area contributed by atoms with Crippen molar-refractivity contribution in [1.29, 1.82) is 0 Å². The van der Waals surface area contributed by atoms with Crippen molar-refractivity contribution < 1.29 is 0 Å². The first-order valence-corrected chi connectivity index (χ1v) is 7.68. The summed E-state index contributed by atoms with van der Waals surface area (Å²) >= 11 is 0. The van der Waals surface area contributed by atoms with E-state index in [1.165, 1.54) is 24.0 Å². The molecule has 1 atom stereocenters. The summed E-state index contributed by atoms with van der Waals surface area (Å²) < 4.78 is 0. The van der Waals surface area contributed by atoms with E-state index in [0.29, 0.717) is 6.54 Å². The third kappa shape index (κ3) is 3.31. The molecule has 0 bridgehead atoms. The van der Waals surface area contributed by atoms with Crippen LogP contribution in [0.5, 0.6) is 0 Å². The van der Waals surface area contributed by atoms with Gasteiger partial charge in [0.1, 0.15) is 0 Å². The molecule has 3 nitrogen and oxygen atoms in total. The van der Waals surface area contributed by atoms with Gasteiger partial charge in [0.15, 0.2) is 0 Å². The van der Waals surface area contributed by atoms with E-state index in [0.717, 1.165) is 18.2 Å². The van der Waals surface area contributed by atoms with Gasteiger partial charge in [-0.25, -0.2) is 0 Å². The molecule has 1 aromatic carbocycles. The molecule has 2 aromatic rings. The van der Waals surface area contributed by atoms with Gasteiger partial charge in [0.2, 0.25) is 0 Å². The molecule has 1 unspecified atom stereocenters. The Morgan fingerprint density at radius 1 is 1.19 bits per heavy atom. The number of pyridine rings is 1. The standard InChI is InChI=1S/C18H23N3/c1-21(13-15-6-4-5-11-20-15)18(12-19)17-8-3-2-7-16(17)14-9-10-14/h2-8,11,14,18H,9-10,12-13,19H2,1H3. The van der Waals surface area contributed by atoms with E-state index < -0.39 is 0 Å². The summed E-state index contributed by atoms with van der Waals surface area (Å²) in [6.07, 6.45) is 4.48. The van der Waals surface area contributed by atoms with E-state index in [4.69, 9.17) is 5.73 Å². The van der Waals surface area contributed by atoms with Crippen LogP contribution in [-0.2, 0) is 6.54 Å². The number of hydrogen-bond acceptors (Lipinski definition) is 3. The van der Waals surface area contributed by atoms with Gasteiger partial charge in [-0.2, -0.15) is 0 Å². The highest BCUT2D eigenvalue weighted by Gasteiger charge is 2.28. The SMILES string of the molecule is CN(Cc1ccccn1)C(CN)c1ccccc1C1CC1. The van der Waals surface area contributed by atoms with Gasteiger partial charge in [0.05, 0.1) is 5.69 Å². The molecule has 0 aliphatic heterocycles. The predicted octanol–water partition coefficient (Wildman–Crippen LogP) is 3.09. The normalized spacial score (nSPS) is 16.1. The van der Waals surface area contributed by atoms with Gasteiger partial charge in [-0.05, 0) is 49.1 Å². The van der Waals surface area contributed by atoms with Crippen LogP contribution in [0.3, 0.4) is 0 Å². The number of nitrogens with zero attached hydrogens (tertiary/aromatic N) is 2. The Labute approximate surface area is 126 Å². The summed E-state index contributed by atoms with van der Waals surface area (Å²) in [7, 11) is 2.13. The molecule has 3 rings (SSSR count). The van der Waals surface area contributed by atoms with Crippen molar-refractivity contribution in [2.75, 3.05) is 13.6 Å². The molecule has 1 fully saturated rings. The molecule has 1 heterocycles. The van der Waals surface area contributed by atoms with Crippen LogP contribution < -0.4 is 5.73 Å². The van der Waals surface area contributed by atoms with Crippen LogP contribution >= 0.6 is 0 Å². The Morgan fingerprint density at radius 3 is 2.62 bits per heavy atom. The minimum absolute atomic E-state index is 0.254. The quantitative estimate of drug-likeness (QED) is 0.884. The maximum Gasteiger partial charge on any atom is 0.0544 e. The first-order chi connectivity index (χ1) is 10.3. The summed E-state index contributed by atoms with van der Waals surface area (Å²) in [4.78, 5) is 6.73. The molecule has 110 valence electrons. The maximum absolute atomic E-state index is 6.09. The van der Waals surface area contributed by atoms with Crippen molar-refractivity contribution in [3.8, 4) is 0 Å². The van der Waals surface area contributed by atoms with Crippen molar-refractivity contribution in [3.63, 3.8) is 0 Å². The highest BCUT2D eigenvalue weighted by molar-refractivity contribution is 5.35. The average molecular weight is 281 g/mol. The van der Waals surface area contributed by atoms with Gasteiger partial charge >= 0.3 is 0 Å². The van der Waals surface area contributed by atoms with E-state index in [1.807, 2.05) is 18.3 Å². The van der Waals surface area contributed by atoms with Crippen LogP contribution in [0, 0.1) is 0 Å². The zero-order chi connectivity index (χ0) is 14.7. The first kappa shape index (κ1) is 14.2. The van der Waals surface area contributed by atoms with E-state index in [1.54, 1.807) is 0 Å². The molecule has 0 spiro atoms. The fraction of sp³-hybridized carbons (Fsp3) is 0.389. The molecule has 0 saturated heterocycles. The Hall–Kier alpha value is -1.71. The lowest BCUT2D eigenvalue weighted by atomic mass is 9.96. The number of aromatic nitrogens is 1. The van der Waals surface area contributed by atoms with Gasteiger partial charge in [-0.3, -0.25) is 9.88 Å². The van der Waals surface area contributed by atoms with Crippen LogP contribution in [0.4, 0.5) is 0 Å². The van der Waals surface area contributed by atoms with E-state index in [2.05, 4.69) is 47.3 Å². The fourth-order valence-corrected chi connectivity index (χ4v) is 2.98. The fourth-order valence-electron chi connectivity index (χ4n) is 2.98. The summed E-state index contributed by atoms with van der Waals surface area (Å²) in [5, 5.41) is 0. The number of likely N-dealkylation sites (N-methyl/N-ethyl adjacent to an activating group) is 1. The van der Waals surface area contributed by atoms with Crippen molar-refractivity contribution in [2.45, 2.75) is 31.3 Å². The minimum atomic E-state index is 0.254. The summed E-state index contributed by atoms with van der Waals surface area (Å²) in [6, 6.07) is 15.1.